The van der Waals surface area contributed by atoms with Crippen molar-refractivity contribution >= 4 is 21.7 Å². The predicted molar refractivity (Wildman–Crippen MR) is 106 cm³/mol. The van der Waals surface area contributed by atoms with E-state index in [9.17, 15) is 13.2 Å². The second-order valence-corrected chi connectivity index (χ2v) is 10.0. The standard InChI is InChI=1S/C19H26N4O3S/c1-14-8-5-6-9-15(14)23-17(12-16(21-23)19(2,3)4)20-18(24)13-22-10-7-11-27(22,25)26/h5-6,8-9,12H,7,10-11,13H2,1-4H3,(H,20,24). The summed E-state index contributed by atoms with van der Waals surface area (Å²) in [4.78, 5) is 12.5. The van der Waals surface area contributed by atoms with Crippen LogP contribution in [0.5, 0.6) is 0 Å². The van der Waals surface area contributed by atoms with E-state index < -0.39 is 10.0 Å². The van der Waals surface area contributed by atoms with Crippen molar-refractivity contribution in [2.75, 3.05) is 24.2 Å². The second kappa shape index (κ2) is 7.09. The van der Waals surface area contributed by atoms with E-state index in [1.54, 1.807) is 4.68 Å². The van der Waals surface area contributed by atoms with Crippen molar-refractivity contribution in [2.45, 2.75) is 39.5 Å². The Labute approximate surface area is 160 Å². The average molecular weight is 391 g/mol. The van der Waals surface area contributed by atoms with Crippen molar-refractivity contribution < 1.29 is 13.2 Å². The lowest BCUT2D eigenvalue weighted by molar-refractivity contribution is -0.116. The van der Waals surface area contributed by atoms with Gasteiger partial charge in [0.1, 0.15) is 5.82 Å². The third kappa shape index (κ3) is 4.22. The molecule has 1 saturated heterocycles. The molecule has 2 heterocycles. The first-order chi connectivity index (χ1) is 12.6. The van der Waals surface area contributed by atoms with Crippen LogP contribution < -0.4 is 5.32 Å². The summed E-state index contributed by atoms with van der Waals surface area (Å²) in [6.45, 7) is 8.36. The molecule has 0 unspecified atom stereocenters. The summed E-state index contributed by atoms with van der Waals surface area (Å²) in [5.41, 5.74) is 2.55. The number of rotatable bonds is 4. The SMILES string of the molecule is Cc1ccccc1-n1nc(C(C)(C)C)cc1NC(=O)CN1CCCS1(=O)=O. The van der Waals surface area contributed by atoms with Crippen LogP contribution in [0.15, 0.2) is 30.3 Å². The monoisotopic (exact) mass is 390 g/mol. The quantitative estimate of drug-likeness (QED) is 0.869. The Balaban J connectivity index is 1.91. The number of carbonyl (C=O) groups is 1. The molecule has 146 valence electrons. The molecule has 1 aliphatic rings. The van der Waals surface area contributed by atoms with Gasteiger partial charge in [-0.05, 0) is 25.0 Å². The summed E-state index contributed by atoms with van der Waals surface area (Å²) in [7, 11) is -3.31. The maximum absolute atomic E-state index is 12.5. The van der Waals surface area contributed by atoms with Gasteiger partial charge in [-0.2, -0.15) is 9.40 Å². The molecule has 0 radical (unpaired) electrons. The average Bonchev–Trinajstić information content (AvgIpc) is 3.11. The maximum Gasteiger partial charge on any atom is 0.240 e. The number of para-hydroxylation sites is 1. The maximum atomic E-state index is 12.5. The summed E-state index contributed by atoms with van der Waals surface area (Å²) in [5, 5.41) is 7.54. The molecule has 2 aromatic rings. The van der Waals surface area contributed by atoms with Crippen LogP contribution in [0.1, 0.15) is 38.4 Å². The highest BCUT2D eigenvalue weighted by atomic mass is 32.2. The van der Waals surface area contributed by atoms with Crippen LogP contribution in [0.25, 0.3) is 5.69 Å². The molecule has 1 aromatic carbocycles. The van der Waals surface area contributed by atoms with Crippen molar-refractivity contribution in [3.8, 4) is 5.69 Å². The van der Waals surface area contributed by atoms with E-state index in [1.165, 1.54) is 4.31 Å². The lowest BCUT2D eigenvalue weighted by Crippen LogP contribution is -2.34. The van der Waals surface area contributed by atoms with Crippen LogP contribution in [-0.2, 0) is 20.2 Å². The van der Waals surface area contributed by atoms with Crippen LogP contribution in [0.4, 0.5) is 5.82 Å². The van der Waals surface area contributed by atoms with E-state index in [2.05, 4.69) is 26.1 Å². The fourth-order valence-electron chi connectivity index (χ4n) is 3.03. The van der Waals surface area contributed by atoms with E-state index in [0.717, 1.165) is 16.9 Å². The number of aryl methyl sites for hydroxylation is 1. The Morgan fingerprint density at radius 1 is 1.26 bits per heavy atom. The molecule has 1 N–H and O–H groups in total. The minimum Gasteiger partial charge on any atom is -0.309 e. The topological polar surface area (TPSA) is 84.3 Å². The van der Waals surface area contributed by atoms with Gasteiger partial charge in [0.05, 0.1) is 23.7 Å². The minimum atomic E-state index is -3.31. The highest BCUT2D eigenvalue weighted by molar-refractivity contribution is 7.89. The minimum absolute atomic E-state index is 0.107. The van der Waals surface area contributed by atoms with E-state index in [4.69, 9.17) is 5.10 Å². The Kier molecular flexibility index (Phi) is 5.14. The highest BCUT2D eigenvalue weighted by Gasteiger charge is 2.30. The molecule has 1 aromatic heterocycles. The molecule has 8 heteroatoms. The van der Waals surface area contributed by atoms with Gasteiger partial charge in [0.25, 0.3) is 0 Å². The predicted octanol–water partition coefficient (Wildman–Crippen LogP) is 2.45. The van der Waals surface area contributed by atoms with Crippen LogP contribution in [0.3, 0.4) is 0 Å². The fourth-order valence-corrected chi connectivity index (χ4v) is 4.51. The van der Waals surface area contributed by atoms with Crippen molar-refractivity contribution in [1.29, 1.82) is 0 Å². The molecule has 1 amide bonds. The number of anilines is 1. The van der Waals surface area contributed by atoms with Crippen LogP contribution >= 0.6 is 0 Å². The number of sulfonamides is 1. The Bertz CT molecular complexity index is 958. The Morgan fingerprint density at radius 3 is 2.56 bits per heavy atom. The first-order valence-electron chi connectivity index (χ1n) is 9.02. The third-order valence-corrected chi connectivity index (χ3v) is 6.52. The summed E-state index contributed by atoms with van der Waals surface area (Å²) >= 11 is 0. The summed E-state index contributed by atoms with van der Waals surface area (Å²) < 4.78 is 26.8. The van der Waals surface area contributed by atoms with Crippen molar-refractivity contribution in [3.63, 3.8) is 0 Å². The first-order valence-corrected chi connectivity index (χ1v) is 10.6. The molecule has 0 spiro atoms. The van der Waals surface area contributed by atoms with Gasteiger partial charge < -0.3 is 5.32 Å². The molecule has 0 bridgehead atoms. The normalized spacial score (nSPS) is 17.2. The number of carbonyl (C=O) groups excluding carboxylic acids is 1. The van der Waals surface area contributed by atoms with Crippen molar-refractivity contribution in [3.05, 3.63) is 41.6 Å². The van der Waals surface area contributed by atoms with Crippen LogP contribution in [0.2, 0.25) is 0 Å². The van der Waals surface area contributed by atoms with Gasteiger partial charge in [-0.15, -0.1) is 0 Å². The Morgan fingerprint density at radius 2 is 1.96 bits per heavy atom. The summed E-state index contributed by atoms with van der Waals surface area (Å²) in [6.07, 6.45) is 0.560. The van der Waals surface area contributed by atoms with Gasteiger partial charge >= 0.3 is 0 Å². The lowest BCUT2D eigenvalue weighted by Gasteiger charge is -2.15. The highest BCUT2D eigenvalue weighted by Crippen LogP contribution is 2.27. The van der Waals surface area contributed by atoms with Gasteiger partial charge in [0.15, 0.2) is 0 Å². The van der Waals surface area contributed by atoms with Gasteiger partial charge in [0.2, 0.25) is 15.9 Å². The second-order valence-electron chi connectivity index (χ2n) is 7.91. The number of nitrogens with zero attached hydrogens (tertiary/aromatic N) is 3. The molecule has 7 nitrogen and oxygen atoms in total. The van der Waals surface area contributed by atoms with Crippen molar-refractivity contribution in [1.82, 2.24) is 14.1 Å². The van der Waals surface area contributed by atoms with E-state index in [0.29, 0.717) is 18.8 Å². The number of aromatic nitrogens is 2. The number of nitrogens with one attached hydrogen (secondary N) is 1. The van der Waals surface area contributed by atoms with Gasteiger partial charge in [-0.25, -0.2) is 13.1 Å². The molecular weight excluding hydrogens is 364 g/mol. The van der Waals surface area contributed by atoms with E-state index >= 15 is 0 Å². The molecule has 1 aliphatic heterocycles. The smallest absolute Gasteiger partial charge is 0.240 e. The number of benzene rings is 1. The van der Waals surface area contributed by atoms with Crippen LogP contribution in [0, 0.1) is 6.92 Å². The molecule has 1 fully saturated rings. The van der Waals surface area contributed by atoms with Crippen molar-refractivity contribution in [2.24, 2.45) is 0 Å². The van der Waals surface area contributed by atoms with Crippen LogP contribution in [-0.4, -0.2) is 47.3 Å². The Hall–Kier alpha value is -2.19. The number of hydrogen-bond donors (Lipinski definition) is 1. The molecule has 0 aliphatic carbocycles. The zero-order valence-electron chi connectivity index (χ0n) is 16.2. The van der Waals surface area contributed by atoms with E-state index in [-0.39, 0.29) is 23.6 Å². The van der Waals surface area contributed by atoms with Gasteiger partial charge in [-0.1, -0.05) is 39.0 Å². The van der Waals surface area contributed by atoms with E-state index in [1.807, 2.05) is 37.3 Å². The summed E-state index contributed by atoms with van der Waals surface area (Å²) in [5.74, 6) is 0.279. The first kappa shape index (κ1) is 19.6. The molecule has 0 saturated carbocycles. The number of hydrogen-bond acceptors (Lipinski definition) is 4. The zero-order valence-corrected chi connectivity index (χ0v) is 17.0. The molecule has 3 rings (SSSR count). The van der Waals surface area contributed by atoms with Gasteiger partial charge in [-0.3, -0.25) is 4.79 Å². The zero-order chi connectivity index (χ0) is 19.8. The van der Waals surface area contributed by atoms with Gasteiger partial charge in [0, 0.05) is 18.0 Å². The molecular formula is C19H26N4O3S. The molecule has 27 heavy (non-hydrogen) atoms. The third-order valence-electron chi connectivity index (χ3n) is 4.61. The lowest BCUT2D eigenvalue weighted by atomic mass is 9.92. The fraction of sp³-hybridized carbons (Fsp3) is 0.474. The number of amides is 1. The summed E-state index contributed by atoms with van der Waals surface area (Å²) in [6, 6.07) is 9.64. The molecule has 0 atom stereocenters. The largest absolute Gasteiger partial charge is 0.309 e.